The monoisotopic (exact) mass is 344 g/mol. The van der Waals surface area contributed by atoms with Gasteiger partial charge in [0, 0.05) is 19.6 Å². The highest BCUT2D eigenvalue weighted by Gasteiger charge is 2.33. The number of nitrogens with zero attached hydrogens (tertiary/aromatic N) is 4. The Morgan fingerprint density at radius 2 is 2.00 bits per heavy atom. The molecule has 1 aliphatic rings. The minimum Gasteiger partial charge on any atom is -0.504 e. The van der Waals surface area contributed by atoms with Gasteiger partial charge in [-0.2, -0.15) is 5.10 Å². The van der Waals surface area contributed by atoms with E-state index in [1.165, 1.54) is 15.8 Å². The Morgan fingerprint density at radius 3 is 2.64 bits per heavy atom. The maximum atomic E-state index is 12.7. The first-order valence-corrected chi connectivity index (χ1v) is 7.88. The number of carbonyl (C=O) groups excluding carboxylic acids is 2. The zero-order valence-electron chi connectivity index (χ0n) is 14.3. The van der Waals surface area contributed by atoms with Gasteiger partial charge in [-0.3, -0.25) is 9.59 Å². The Bertz CT molecular complexity index is 799. The van der Waals surface area contributed by atoms with Crippen molar-refractivity contribution in [2.45, 2.75) is 13.0 Å². The number of piperazine rings is 1. The van der Waals surface area contributed by atoms with E-state index >= 15 is 0 Å². The van der Waals surface area contributed by atoms with Crippen LogP contribution >= 0.6 is 0 Å². The highest BCUT2D eigenvalue weighted by atomic mass is 16.5. The number of methoxy groups -OCH3 is 1. The Morgan fingerprint density at radius 1 is 1.32 bits per heavy atom. The van der Waals surface area contributed by atoms with Crippen molar-refractivity contribution in [1.29, 1.82) is 0 Å². The SMILES string of the molecule is COc1ccc(-n2cc(O)c(C(=O)N3CC(=O)N(C)CC3C)n2)cc1. The zero-order chi connectivity index (χ0) is 18.1. The van der Waals surface area contributed by atoms with Crippen molar-refractivity contribution in [3.63, 3.8) is 0 Å². The number of hydrogen-bond donors (Lipinski definition) is 1. The summed E-state index contributed by atoms with van der Waals surface area (Å²) in [6.45, 7) is 2.29. The summed E-state index contributed by atoms with van der Waals surface area (Å²) in [7, 11) is 3.28. The molecule has 1 aliphatic heterocycles. The Kier molecular flexibility index (Phi) is 4.35. The van der Waals surface area contributed by atoms with Crippen LogP contribution in [0.15, 0.2) is 30.5 Å². The van der Waals surface area contributed by atoms with Gasteiger partial charge in [0.2, 0.25) is 5.91 Å². The van der Waals surface area contributed by atoms with Gasteiger partial charge in [-0.05, 0) is 31.2 Å². The zero-order valence-corrected chi connectivity index (χ0v) is 14.3. The largest absolute Gasteiger partial charge is 0.504 e. The molecule has 1 atom stereocenters. The molecule has 0 bridgehead atoms. The summed E-state index contributed by atoms with van der Waals surface area (Å²) in [6.07, 6.45) is 1.37. The van der Waals surface area contributed by atoms with Crippen molar-refractivity contribution in [1.82, 2.24) is 19.6 Å². The minimum atomic E-state index is -0.460. The smallest absolute Gasteiger partial charge is 0.279 e. The van der Waals surface area contributed by atoms with E-state index in [0.717, 1.165) is 0 Å². The predicted molar refractivity (Wildman–Crippen MR) is 89.9 cm³/mol. The number of amides is 2. The lowest BCUT2D eigenvalue weighted by Crippen LogP contribution is -2.55. The molecule has 1 aromatic heterocycles. The van der Waals surface area contributed by atoms with E-state index in [-0.39, 0.29) is 29.9 Å². The van der Waals surface area contributed by atoms with Crippen LogP contribution in [0.3, 0.4) is 0 Å². The lowest BCUT2D eigenvalue weighted by molar-refractivity contribution is -0.135. The van der Waals surface area contributed by atoms with Gasteiger partial charge in [-0.25, -0.2) is 4.68 Å². The standard InChI is InChI=1S/C17H20N4O4/c1-11-8-19(2)15(23)10-20(11)17(24)16-14(22)9-21(18-16)12-4-6-13(25-3)7-5-12/h4-7,9,11,22H,8,10H2,1-3H3. The molecule has 8 nitrogen and oxygen atoms in total. The van der Waals surface area contributed by atoms with Crippen LogP contribution in [0.25, 0.3) is 5.69 Å². The van der Waals surface area contributed by atoms with Crippen LogP contribution < -0.4 is 4.74 Å². The predicted octanol–water partition coefficient (Wildman–Crippen LogP) is 0.889. The number of carbonyl (C=O) groups is 2. The van der Waals surface area contributed by atoms with Gasteiger partial charge in [0.25, 0.3) is 5.91 Å². The first-order valence-electron chi connectivity index (χ1n) is 7.88. The fraction of sp³-hybridized carbons (Fsp3) is 0.353. The summed E-state index contributed by atoms with van der Waals surface area (Å²) >= 11 is 0. The van der Waals surface area contributed by atoms with E-state index in [9.17, 15) is 14.7 Å². The van der Waals surface area contributed by atoms with Crippen LogP contribution in [-0.2, 0) is 4.79 Å². The third-order valence-corrected chi connectivity index (χ3v) is 4.30. The van der Waals surface area contributed by atoms with E-state index in [1.54, 1.807) is 43.3 Å². The summed E-state index contributed by atoms with van der Waals surface area (Å²) in [5.41, 5.74) is 0.609. The maximum Gasteiger partial charge on any atom is 0.279 e. The van der Waals surface area contributed by atoms with E-state index < -0.39 is 5.91 Å². The first-order chi connectivity index (χ1) is 11.9. The number of hydrogen-bond acceptors (Lipinski definition) is 5. The van der Waals surface area contributed by atoms with Crippen molar-refractivity contribution >= 4 is 11.8 Å². The Labute approximate surface area is 145 Å². The second-order valence-electron chi connectivity index (χ2n) is 6.06. The van der Waals surface area contributed by atoms with Gasteiger partial charge >= 0.3 is 0 Å². The third-order valence-electron chi connectivity index (χ3n) is 4.30. The topological polar surface area (TPSA) is 87.9 Å². The van der Waals surface area contributed by atoms with Gasteiger partial charge < -0.3 is 19.6 Å². The molecule has 25 heavy (non-hydrogen) atoms. The lowest BCUT2D eigenvalue weighted by Gasteiger charge is -2.37. The molecule has 1 fully saturated rings. The molecule has 1 saturated heterocycles. The quantitative estimate of drug-likeness (QED) is 0.893. The molecule has 8 heteroatoms. The van der Waals surface area contributed by atoms with Crippen LogP contribution in [0.4, 0.5) is 0 Å². The Hall–Kier alpha value is -3.03. The maximum absolute atomic E-state index is 12.7. The number of aromatic nitrogens is 2. The number of aromatic hydroxyl groups is 1. The molecule has 2 heterocycles. The molecule has 1 N–H and O–H groups in total. The van der Waals surface area contributed by atoms with E-state index in [0.29, 0.717) is 18.0 Å². The molecule has 0 radical (unpaired) electrons. The van der Waals surface area contributed by atoms with E-state index in [1.807, 2.05) is 6.92 Å². The molecule has 1 aromatic carbocycles. The average molecular weight is 344 g/mol. The van der Waals surface area contributed by atoms with E-state index in [4.69, 9.17) is 4.74 Å². The van der Waals surface area contributed by atoms with Crippen LogP contribution in [0, 0.1) is 0 Å². The molecular weight excluding hydrogens is 324 g/mol. The number of benzene rings is 1. The molecule has 0 aliphatic carbocycles. The van der Waals surface area contributed by atoms with Gasteiger partial charge in [-0.15, -0.1) is 0 Å². The molecule has 0 saturated carbocycles. The Balaban J connectivity index is 1.86. The molecule has 0 spiro atoms. The average Bonchev–Trinajstić information content (AvgIpc) is 2.99. The van der Waals surface area contributed by atoms with Crippen molar-refractivity contribution in [2.24, 2.45) is 0 Å². The normalized spacial score (nSPS) is 17.7. The minimum absolute atomic E-state index is 0.0225. The third kappa shape index (κ3) is 3.15. The summed E-state index contributed by atoms with van der Waals surface area (Å²) in [5.74, 6) is -0.125. The summed E-state index contributed by atoms with van der Waals surface area (Å²) < 4.78 is 6.53. The van der Waals surface area contributed by atoms with Crippen LogP contribution in [0.5, 0.6) is 11.5 Å². The van der Waals surface area contributed by atoms with E-state index in [2.05, 4.69) is 5.10 Å². The highest BCUT2D eigenvalue weighted by Crippen LogP contribution is 2.23. The fourth-order valence-electron chi connectivity index (χ4n) is 2.81. The number of likely N-dealkylation sites (N-methyl/N-ethyl adjacent to an activating group) is 1. The molecule has 2 aromatic rings. The molecule has 1 unspecified atom stereocenters. The molecular formula is C17H20N4O4. The van der Waals surface area contributed by atoms with Crippen molar-refractivity contribution < 1.29 is 19.4 Å². The molecule has 2 amide bonds. The summed E-state index contributed by atoms with van der Waals surface area (Å²) in [6, 6.07) is 6.90. The first kappa shape index (κ1) is 16.8. The van der Waals surface area contributed by atoms with Gasteiger partial charge in [0.15, 0.2) is 11.4 Å². The molecule has 3 rings (SSSR count). The van der Waals surface area contributed by atoms with Crippen LogP contribution in [0.1, 0.15) is 17.4 Å². The summed E-state index contributed by atoms with van der Waals surface area (Å²) in [4.78, 5) is 27.6. The van der Waals surface area contributed by atoms with Gasteiger partial charge in [0.1, 0.15) is 12.3 Å². The van der Waals surface area contributed by atoms with Gasteiger partial charge in [0.05, 0.1) is 19.0 Å². The van der Waals surface area contributed by atoms with Crippen molar-refractivity contribution in [3.05, 3.63) is 36.2 Å². The lowest BCUT2D eigenvalue weighted by atomic mass is 10.1. The second kappa shape index (κ2) is 6.46. The summed E-state index contributed by atoms with van der Waals surface area (Å²) in [5, 5.41) is 14.3. The number of ether oxygens (including phenoxy) is 1. The van der Waals surface area contributed by atoms with Crippen molar-refractivity contribution in [2.75, 3.05) is 27.2 Å². The fourth-order valence-corrected chi connectivity index (χ4v) is 2.81. The van der Waals surface area contributed by atoms with Gasteiger partial charge in [-0.1, -0.05) is 0 Å². The second-order valence-corrected chi connectivity index (χ2v) is 6.06. The molecule has 132 valence electrons. The van der Waals surface area contributed by atoms with Crippen LogP contribution in [-0.4, -0.2) is 69.8 Å². The number of rotatable bonds is 3. The van der Waals surface area contributed by atoms with Crippen molar-refractivity contribution in [3.8, 4) is 17.2 Å². The highest BCUT2D eigenvalue weighted by molar-refractivity contribution is 5.97. The van der Waals surface area contributed by atoms with Crippen LogP contribution in [0.2, 0.25) is 0 Å².